The molecule has 0 bridgehead atoms. The van der Waals surface area contributed by atoms with Crippen LogP contribution in [0.2, 0.25) is 0 Å². The summed E-state index contributed by atoms with van der Waals surface area (Å²) in [6.45, 7) is 3.24. The second kappa shape index (κ2) is 9.32. The van der Waals surface area contributed by atoms with Crippen molar-refractivity contribution in [3.05, 3.63) is 90.3 Å². The second-order valence-corrected chi connectivity index (χ2v) is 8.90. The number of imidazole rings is 1. The number of ether oxygens (including phenoxy) is 1. The van der Waals surface area contributed by atoms with Gasteiger partial charge in [0, 0.05) is 6.54 Å². The standard InChI is InChI=1S/C24H25N3O3S/c1-2-30-20-12-14-21(15-13-20)31(28,29)25-18-24-26-22-10-6-7-11-23(22)27(24)17-16-19-8-4-3-5-9-19/h3-15,25H,2,16-18H2,1H3. The normalized spacial score (nSPS) is 11.6. The number of hydrogen-bond acceptors (Lipinski definition) is 4. The van der Waals surface area contributed by atoms with E-state index in [1.54, 1.807) is 24.3 Å². The SMILES string of the molecule is CCOc1ccc(S(=O)(=O)NCc2nc3ccccc3n2CCc2ccccc2)cc1. The Morgan fingerprint density at radius 3 is 2.39 bits per heavy atom. The van der Waals surface area contributed by atoms with Crippen LogP contribution in [0.1, 0.15) is 18.3 Å². The quantitative estimate of drug-likeness (QED) is 0.429. The number of sulfonamides is 1. The monoisotopic (exact) mass is 435 g/mol. The summed E-state index contributed by atoms with van der Waals surface area (Å²) >= 11 is 0. The van der Waals surface area contributed by atoms with Gasteiger partial charge in [-0.05, 0) is 55.3 Å². The van der Waals surface area contributed by atoms with Gasteiger partial charge in [-0.25, -0.2) is 18.1 Å². The van der Waals surface area contributed by atoms with Crippen LogP contribution in [0.5, 0.6) is 5.75 Å². The molecule has 6 nitrogen and oxygen atoms in total. The lowest BCUT2D eigenvalue weighted by molar-refractivity contribution is 0.340. The molecule has 160 valence electrons. The zero-order valence-electron chi connectivity index (χ0n) is 17.4. The molecule has 1 N–H and O–H groups in total. The van der Waals surface area contributed by atoms with E-state index in [-0.39, 0.29) is 11.4 Å². The molecule has 7 heteroatoms. The van der Waals surface area contributed by atoms with E-state index < -0.39 is 10.0 Å². The molecular formula is C24H25N3O3S. The van der Waals surface area contributed by atoms with Crippen molar-refractivity contribution in [2.45, 2.75) is 31.3 Å². The third-order valence-corrected chi connectivity index (χ3v) is 6.48. The lowest BCUT2D eigenvalue weighted by Gasteiger charge is -2.11. The van der Waals surface area contributed by atoms with Crippen molar-refractivity contribution in [2.24, 2.45) is 0 Å². The number of para-hydroxylation sites is 2. The van der Waals surface area contributed by atoms with Gasteiger partial charge in [0.15, 0.2) is 0 Å². The lowest BCUT2D eigenvalue weighted by atomic mass is 10.1. The zero-order chi connectivity index (χ0) is 21.7. The van der Waals surface area contributed by atoms with E-state index in [4.69, 9.17) is 4.74 Å². The summed E-state index contributed by atoms with van der Waals surface area (Å²) in [5.41, 5.74) is 3.07. The van der Waals surface area contributed by atoms with Gasteiger partial charge in [-0.2, -0.15) is 0 Å². The Morgan fingerprint density at radius 1 is 0.935 bits per heavy atom. The van der Waals surface area contributed by atoms with Crippen molar-refractivity contribution in [3.8, 4) is 5.75 Å². The van der Waals surface area contributed by atoms with Crippen LogP contribution < -0.4 is 9.46 Å². The molecule has 0 unspecified atom stereocenters. The van der Waals surface area contributed by atoms with E-state index in [2.05, 4.69) is 26.4 Å². The molecule has 0 saturated carbocycles. The molecule has 0 atom stereocenters. The van der Waals surface area contributed by atoms with Crippen molar-refractivity contribution >= 4 is 21.1 Å². The Hall–Kier alpha value is -3.16. The Bertz CT molecular complexity index is 1250. The average Bonchev–Trinajstić information content (AvgIpc) is 3.15. The molecule has 0 aliphatic heterocycles. The van der Waals surface area contributed by atoms with Gasteiger partial charge in [0.05, 0.1) is 29.1 Å². The lowest BCUT2D eigenvalue weighted by Crippen LogP contribution is -2.25. The van der Waals surface area contributed by atoms with Crippen molar-refractivity contribution in [1.29, 1.82) is 0 Å². The van der Waals surface area contributed by atoms with Gasteiger partial charge in [-0.15, -0.1) is 0 Å². The number of hydrogen-bond donors (Lipinski definition) is 1. The third kappa shape index (κ3) is 4.95. The van der Waals surface area contributed by atoms with Crippen LogP contribution in [0, 0.1) is 0 Å². The zero-order valence-corrected chi connectivity index (χ0v) is 18.2. The van der Waals surface area contributed by atoms with Gasteiger partial charge in [-0.1, -0.05) is 42.5 Å². The van der Waals surface area contributed by atoms with Crippen molar-refractivity contribution in [3.63, 3.8) is 0 Å². The Labute approximate surface area is 182 Å². The maximum atomic E-state index is 12.8. The molecule has 0 fully saturated rings. The van der Waals surface area contributed by atoms with Crippen LogP contribution in [0.25, 0.3) is 11.0 Å². The molecule has 0 aliphatic carbocycles. The van der Waals surface area contributed by atoms with E-state index in [0.717, 1.165) is 17.5 Å². The van der Waals surface area contributed by atoms with Crippen LogP contribution in [0.15, 0.2) is 83.8 Å². The minimum absolute atomic E-state index is 0.110. The van der Waals surface area contributed by atoms with Crippen LogP contribution in [0.3, 0.4) is 0 Å². The fourth-order valence-corrected chi connectivity index (χ4v) is 4.50. The molecule has 0 spiro atoms. The van der Waals surface area contributed by atoms with Crippen LogP contribution in [0.4, 0.5) is 0 Å². The maximum absolute atomic E-state index is 12.8. The minimum Gasteiger partial charge on any atom is -0.494 e. The highest BCUT2D eigenvalue weighted by Gasteiger charge is 2.17. The first-order chi connectivity index (χ1) is 15.1. The first kappa shape index (κ1) is 21.1. The number of aromatic nitrogens is 2. The summed E-state index contributed by atoms with van der Waals surface area (Å²) in [5, 5.41) is 0. The Morgan fingerprint density at radius 2 is 1.65 bits per heavy atom. The summed E-state index contributed by atoms with van der Waals surface area (Å²) in [7, 11) is -3.67. The van der Waals surface area contributed by atoms with Gasteiger partial charge in [0.2, 0.25) is 10.0 Å². The number of rotatable bonds is 9. The molecule has 0 aliphatic rings. The summed E-state index contributed by atoms with van der Waals surface area (Å²) in [4.78, 5) is 4.87. The first-order valence-corrected chi connectivity index (χ1v) is 11.8. The number of fused-ring (bicyclic) bond motifs is 1. The van der Waals surface area contributed by atoms with E-state index in [1.807, 2.05) is 49.4 Å². The summed E-state index contributed by atoms with van der Waals surface area (Å²) in [6.07, 6.45) is 0.833. The number of nitrogens with one attached hydrogen (secondary N) is 1. The largest absolute Gasteiger partial charge is 0.494 e. The van der Waals surface area contributed by atoms with Crippen molar-refractivity contribution < 1.29 is 13.2 Å². The molecule has 4 aromatic rings. The fraction of sp³-hybridized carbons (Fsp3) is 0.208. The Kier molecular flexibility index (Phi) is 6.34. The Balaban J connectivity index is 1.54. The predicted octanol–water partition coefficient (Wildman–Crippen LogP) is 4.16. The average molecular weight is 436 g/mol. The van der Waals surface area contributed by atoms with Crippen LogP contribution >= 0.6 is 0 Å². The van der Waals surface area contributed by atoms with Gasteiger partial charge < -0.3 is 9.30 Å². The minimum atomic E-state index is -3.67. The van der Waals surface area contributed by atoms with E-state index >= 15 is 0 Å². The summed E-state index contributed by atoms with van der Waals surface area (Å²) < 4.78 is 35.7. The molecule has 3 aromatic carbocycles. The molecule has 1 heterocycles. The van der Waals surface area contributed by atoms with Gasteiger partial charge in [0.25, 0.3) is 0 Å². The molecule has 0 amide bonds. The van der Waals surface area contributed by atoms with Crippen molar-refractivity contribution in [1.82, 2.24) is 14.3 Å². The topological polar surface area (TPSA) is 73.2 Å². The van der Waals surface area contributed by atoms with Gasteiger partial charge >= 0.3 is 0 Å². The molecule has 0 radical (unpaired) electrons. The van der Waals surface area contributed by atoms with Gasteiger partial charge in [0.1, 0.15) is 11.6 Å². The number of aryl methyl sites for hydroxylation is 2. The van der Waals surface area contributed by atoms with E-state index in [9.17, 15) is 8.42 Å². The third-order valence-electron chi connectivity index (χ3n) is 5.07. The molecule has 4 rings (SSSR count). The second-order valence-electron chi connectivity index (χ2n) is 7.13. The smallest absolute Gasteiger partial charge is 0.240 e. The molecule has 1 aromatic heterocycles. The van der Waals surface area contributed by atoms with Gasteiger partial charge in [-0.3, -0.25) is 0 Å². The first-order valence-electron chi connectivity index (χ1n) is 10.3. The molecular weight excluding hydrogens is 410 g/mol. The van der Waals surface area contributed by atoms with Crippen LogP contribution in [-0.2, 0) is 29.5 Å². The summed E-state index contributed by atoms with van der Waals surface area (Å²) in [5.74, 6) is 1.33. The predicted molar refractivity (Wildman–Crippen MR) is 122 cm³/mol. The highest BCUT2D eigenvalue weighted by atomic mass is 32.2. The highest BCUT2D eigenvalue weighted by molar-refractivity contribution is 7.89. The molecule has 31 heavy (non-hydrogen) atoms. The summed E-state index contributed by atoms with van der Waals surface area (Å²) in [6, 6.07) is 24.5. The number of benzene rings is 3. The highest BCUT2D eigenvalue weighted by Crippen LogP contribution is 2.19. The fourth-order valence-electron chi connectivity index (χ4n) is 3.52. The van der Waals surface area contributed by atoms with E-state index in [1.165, 1.54) is 5.56 Å². The van der Waals surface area contributed by atoms with E-state index in [0.29, 0.717) is 24.7 Å². The number of nitrogens with zero attached hydrogens (tertiary/aromatic N) is 2. The maximum Gasteiger partial charge on any atom is 0.240 e. The molecule has 0 saturated heterocycles. The van der Waals surface area contributed by atoms with Crippen molar-refractivity contribution in [2.75, 3.05) is 6.61 Å². The van der Waals surface area contributed by atoms with Crippen LogP contribution in [-0.4, -0.2) is 24.6 Å².